The molecule has 0 amide bonds. The van der Waals surface area contributed by atoms with E-state index in [-0.39, 0.29) is 24.1 Å². The average molecular weight is 301 g/mol. The first-order chi connectivity index (χ1) is 9.46. The van der Waals surface area contributed by atoms with Gasteiger partial charge in [0.05, 0.1) is 4.90 Å². The highest BCUT2D eigenvalue weighted by Crippen LogP contribution is 2.31. The predicted molar refractivity (Wildman–Crippen MR) is 74.4 cm³/mol. The van der Waals surface area contributed by atoms with Crippen LogP contribution in [0.1, 0.15) is 31.2 Å². The predicted octanol–water partition coefficient (Wildman–Crippen LogP) is 2.06. The number of rotatable bonds is 6. The molecule has 20 heavy (non-hydrogen) atoms. The van der Waals surface area contributed by atoms with Gasteiger partial charge < -0.3 is 5.11 Å². The van der Waals surface area contributed by atoms with Crippen LogP contribution in [0, 0.1) is 12.7 Å². The van der Waals surface area contributed by atoms with Gasteiger partial charge in [0, 0.05) is 19.2 Å². The largest absolute Gasteiger partial charge is 0.396 e. The van der Waals surface area contributed by atoms with E-state index < -0.39 is 15.8 Å². The number of nitrogens with zero attached hydrogens (tertiary/aromatic N) is 1. The highest BCUT2D eigenvalue weighted by Gasteiger charge is 2.35. The van der Waals surface area contributed by atoms with E-state index in [4.69, 9.17) is 5.11 Å². The summed E-state index contributed by atoms with van der Waals surface area (Å²) in [7, 11) is -3.70. The Morgan fingerprint density at radius 3 is 2.65 bits per heavy atom. The maximum atomic E-state index is 13.4. The van der Waals surface area contributed by atoms with E-state index in [2.05, 4.69) is 0 Å². The van der Waals surface area contributed by atoms with E-state index in [0.717, 1.165) is 25.3 Å². The molecule has 2 rings (SSSR count). The van der Waals surface area contributed by atoms with Crippen molar-refractivity contribution in [3.63, 3.8) is 0 Å². The van der Waals surface area contributed by atoms with Crippen molar-refractivity contribution in [2.24, 2.45) is 0 Å². The summed E-state index contributed by atoms with van der Waals surface area (Å²) >= 11 is 0. The lowest BCUT2D eigenvalue weighted by Gasteiger charge is -2.36. The van der Waals surface area contributed by atoms with Crippen LogP contribution in [0.4, 0.5) is 4.39 Å². The maximum absolute atomic E-state index is 13.4. The smallest absolute Gasteiger partial charge is 0.243 e. The summed E-state index contributed by atoms with van der Waals surface area (Å²) in [6, 6.07) is 3.80. The third-order valence-electron chi connectivity index (χ3n) is 3.76. The van der Waals surface area contributed by atoms with Crippen LogP contribution in [0.25, 0.3) is 0 Å². The van der Waals surface area contributed by atoms with E-state index >= 15 is 0 Å². The Hall–Kier alpha value is -0.980. The molecule has 0 heterocycles. The minimum absolute atomic E-state index is 0.0192. The number of hydrogen-bond acceptors (Lipinski definition) is 3. The van der Waals surface area contributed by atoms with E-state index in [1.165, 1.54) is 16.4 Å². The van der Waals surface area contributed by atoms with Crippen LogP contribution in [0.2, 0.25) is 0 Å². The van der Waals surface area contributed by atoms with Crippen molar-refractivity contribution in [2.75, 3.05) is 13.2 Å². The quantitative estimate of drug-likeness (QED) is 0.875. The Bertz CT molecular complexity index is 570. The van der Waals surface area contributed by atoms with Gasteiger partial charge in [-0.2, -0.15) is 4.31 Å². The van der Waals surface area contributed by atoms with E-state index in [0.29, 0.717) is 12.0 Å². The van der Waals surface area contributed by atoms with Crippen molar-refractivity contribution in [3.8, 4) is 0 Å². The van der Waals surface area contributed by atoms with Gasteiger partial charge in [-0.1, -0.05) is 12.5 Å². The lowest BCUT2D eigenvalue weighted by atomic mass is 9.93. The Morgan fingerprint density at radius 2 is 2.10 bits per heavy atom. The third kappa shape index (κ3) is 3.02. The normalized spacial score (nSPS) is 16.4. The molecule has 112 valence electrons. The summed E-state index contributed by atoms with van der Waals surface area (Å²) in [6.45, 7) is 1.89. The van der Waals surface area contributed by atoms with Crippen molar-refractivity contribution < 1.29 is 17.9 Å². The first kappa shape index (κ1) is 15.4. The molecular formula is C14H20FNO3S. The van der Waals surface area contributed by atoms with Crippen molar-refractivity contribution in [3.05, 3.63) is 29.6 Å². The number of hydrogen-bond donors (Lipinski definition) is 1. The molecular weight excluding hydrogens is 281 g/mol. The monoisotopic (exact) mass is 301 g/mol. The van der Waals surface area contributed by atoms with Gasteiger partial charge in [-0.3, -0.25) is 0 Å². The average Bonchev–Trinajstić information content (AvgIpc) is 2.34. The number of aryl methyl sites for hydroxylation is 1. The van der Waals surface area contributed by atoms with Gasteiger partial charge in [0.2, 0.25) is 10.0 Å². The van der Waals surface area contributed by atoms with Crippen LogP contribution in [0.15, 0.2) is 23.1 Å². The molecule has 1 aliphatic carbocycles. The second-order valence-corrected chi connectivity index (χ2v) is 7.05. The molecule has 1 N–H and O–H groups in total. The lowest BCUT2D eigenvalue weighted by Crippen LogP contribution is -2.45. The van der Waals surface area contributed by atoms with Gasteiger partial charge >= 0.3 is 0 Å². The molecule has 1 fully saturated rings. The lowest BCUT2D eigenvalue weighted by molar-refractivity contribution is 0.198. The van der Waals surface area contributed by atoms with Crippen LogP contribution in [0.3, 0.4) is 0 Å². The topological polar surface area (TPSA) is 57.6 Å². The molecule has 4 nitrogen and oxygen atoms in total. The summed E-state index contributed by atoms with van der Waals surface area (Å²) in [5.41, 5.74) is 0.541. The molecule has 0 unspecified atom stereocenters. The highest BCUT2D eigenvalue weighted by atomic mass is 32.2. The first-order valence-electron chi connectivity index (χ1n) is 6.85. The van der Waals surface area contributed by atoms with E-state index in [9.17, 15) is 12.8 Å². The molecule has 0 bridgehead atoms. The van der Waals surface area contributed by atoms with Gasteiger partial charge in [0.15, 0.2) is 0 Å². The summed E-state index contributed by atoms with van der Waals surface area (Å²) < 4.78 is 40.2. The minimum Gasteiger partial charge on any atom is -0.396 e. The second-order valence-electron chi connectivity index (χ2n) is 5.19. The fourth-order valence-corrected chi connectivity index (χ4v) is 4.34. The van der Waals surface area contributed by atoms with Crippen LogP contribution < -0.4 is 0 Å². The molecule has 0 spiro atoms. The summed E-state index contributed by atoms with van der Waals surface area (Å²) in [4.78, 5) is 0.0299. The standard InChI is InChI=1S/C14H20FNO3S/c1-11-6-7-12(15)10-14(11)20(18,19)16(8-3-9-17)13-4-2-5-13/h6-7,10,13,17H,2-5,8-9H2,1H3. The number of aliphatic hydroxyl groups is 1. The zero-order chi connectivity index (χ0) is 14.8. The molecule has 1 aromatic rings. The molecule has 1 saturated carbocycles. The Morgan fingerprint density at radius 1 is 1.40 bits per heavy atom. The van der Waals surface area contributed by atoms with Gasteiger partial charge in [-0.25, -0.2) is 12.8 Å². The minimum atomic E-state index is -3.70. The van der Waals surface area contributed by atoms with Crippen LogP contribution in [0.5, 0.6) is 0 Å². The Balaban J connectivity index is 2.36. The van der Waals surface area contributed by atoms with Gasteiger partial charge in [0.1, 0.15) is 5.82 Å². The summed E-state index contributed by atoms with van der Waals surface area (Å²) in [6.07, 6.45) is 3.07. The maximum Gasteiger partial charge on any atom is 0.243 e. The zero-order valence-electron chi connectivity index (χ0n) is 11.5. The van der Waals surface area contributed by atoms with Gasteiger partial charge in [-0.15, -0.1) is 0 Å². The van der Waals surface area contributed by atoms with E-state index in [1.54, 1.807) is 6.92 Å². The van der Waals surface area contributed by atoms with Crippen LogP contribution >= 0.6 is 0 Å². The number of aliphatic hydroxyl groups excluding tert-OH is 1. The third-order valence-corrected chi connectivity index (χ3v) is 5.85. The highest BCUT2D eigenvalue weighted by molar-refractivity contribution is 7.89. The molecule has 0 radical (unpaired) electrons. The number of sulfonamides is 1. The van der Waals surface area contributed by atoms with Crippen molar-refractivity contribution in [2.45, 2.75) is 43.5 Å². The summed E-state index contributed by atoms with van der Waals surface area (Å²) in [5, 5.41) is 8.94. The fourth-order valence-electron chi connectivity index (χ4n) is 2.38. The van der Waals surface area contributed by atoms with Crippen molar-refractivity contribution >= 4 is 10.0 Å². The Kier molecular flexibility index (Phi) is 4.78. The molecule has 1 aromatic carbocycles. The number of benzene rings is 1. The molecule has 0 aromatic heterocycles. The van der Waals surface area contributed by atoms with Crippen molar-refractivity contribution in [1.82, 2.24) is 4.31 Å². The zero-order valence-corrected chi connectivity index (χ0v) is 12.4. The van der Waals surface area contributed by atoms with Crippen LogP contribution in [-0.2, 0) is 10.0 Å². The van der Waals surface area contributed by atoms with Gasteiger partial charge in [-0.05, 0) is 43.9 Å². The first-order valence-corrected chi connectivity index (χ1v) is 8.29. The van der Waals surface area contributed by atoms with E-state index in [1.807, 2.05) is 0 Å². The molecule has 1 aliphatic rings. The van der Waals surface area contributed by atoms with Crippen LogP contribution in [-0.4, -0.2) is 37.0 Å². The Labute approximate surface area is 119 Å². The molecule has 0 aliphatic heterocycles. The molecule has 6 heteroatoms. The second kappa shape index (κ2) is 6.20. The SMILES string of the molecule is Cc1ccc(F)cc1S(=O)(=O)N(CCCO)C1CCC1. The molecule has 0 atom stereocenters. The number of halogens is 1. The fraction of sp³-hybridized carbons (Fsp3) is 0.571. The summed E-state index contributed by atoms with van der Waals surface area (Å²) in [5.74, 6) is -0.551. The van der Waals surface area contributed by atoms with Gasteiger partial charge in [0.25, 0.3) is 0 Å². The molecule has 0 saturated heterocycles. The van der Waals surface area contributed by atoms with Crippen molar-refractivity contribution in [1.29, 1.82) is 0 Å².